The maximum atomic E-state index is 11.3. The molecule has 0 aliphatic heterocycles. The van der Waals surface area contributed by atoms with E-state index in [-0.39, 0.29) is 27.0 Å². The third-order valence-electron chi connectivity index (χ3n) is 2.79. The second-order valence-electron chi connectivity index (χ2n) is 5.37. The molecule has 8 heteroatoms. The summed E-state index contributed by atoms with van der Waals surface area (Å²) in [5, 5.41) is 2.80. The Morgan fingerprint density at radius 2 is 1.28 bits per heavy atom. The Morgan fingerprint density at radius 1 is 0.862 bits per heavy atom. The molecule has 0 aromatic carbocycles. The largest absolute Gasteiger partial charge is 2.00 e. The first-order chi connectivity index (χ1) is 13.7. The van der Waals surface area contributed by atoms with Crippen LogP contribution in [0.25, 0.3) is 0 Å². The molecule has 29 heavy (non-hydrogen) atoms. The van der Waals surface area contributed by atoms with E-state index < -0.39 is 0 Å². The average Bonchev–Trinajstić information content (AvgIpc) is 2.71. The van der Waals surface area contributed by atoms with Crippen LogP contribution in [-0.2, 0) is 49.6 Å². The summed E-state index contributed by atoms with van der Waals surface area (Å²) in [5.41, 5.74) is 0. The van der Waals surface area contributed by atoms with Crippen molar-refractivity contribution in [2.24, 2.45) is 0 Å². The van der Waals surface area contributed by atoms with Gasteiger partial charge in [0.15, 0.2) is 0 Å². The van der Waals surface area contributed by atoms with Crippen LogP contribution in [0, 0.1) is 6.42 Å². The van der Waals surface area contributed by atoms with Gasteiger partial charge < -0.3 is 35.5 Å². The van der Waals surface area contributed by atoms with Gasteiger partial charge in [0.1, 0.15) is 0 Å². The summed E-state index contributed by atoms with van der Waals surface area (Å²) in [6.45, 7) is 14.4. The van der Waals surface area contributed by atoms with Crippen molar-refractivity contribution in [2.45, 2.75) is 60.3 Å². The van der Waals surface area contributed by atoms with Gasteiger partial charge in [-0.25, -0.2) is 0 Å². The van der Waals surface area contributed by atoms with Crippen LogP contribution in [0.5, 0.6) is 0 Å². The molecule has 0 heterocycles. The number of ether oxygens (including phenoxy) is 4. The van der Waals surface area contributed by atoms with Gasteiger partial charge in [0.2, 0.25) is 5.91 Å². The van der Waals surface area contributed by atoms with Gasteiger partial charge in [-0.3, -0.25) is 11.1 Å². The molecule has 0 rings (SSSR count). The molecule has 0 spiro atoms. The SMILES string of the molecule is CC.CCCCC(=O)NCCOCCOCCOCCOCC[C-]=O.C[CH-]C.[W+2]. The minimum absolute atomic E-state index is 0. The van der Waals surface area contributed by atoms with Crippen LogP contribution in [-0.4, -0.2) is 71.6 Å². The van der Waals surface area contributed by atoms with E-state index in [0.717, 1.165) is 12.8 Å². The molecule has 7 nitrogen and oxygen atoms in total. The van der Waals surface area contributed by atoms with Gasteiger partial charge in [0.05, 0.1) is 46.2 Å². The summed E-state index contributed by atoms with van der Waals surface area (Å²) in [6, 6.07) is 0. The van der Waals surface area contributed by atoms with Crippen LogP contribution < -0.4 is 5.32 Å². The van der Waals surface area contributed by atoms with Gasteiger partial charge in [0.25, 0.3) is 0 Å². The molecule has 0 fully saturated rings. The maximum absolute atomic E-state index is 11.3. The van der Waals surface area contributed by atoms with E-state index in [9.17, 15) is 9.59 Å². The van der Waals surface area contributed by atoms with Crippen molar-refractivity contribution in [3.05, 3.63) is 6.42 Å². The van der Waals surface area contributed by atoms with E-state index in [1.807, 2.05) is 34.1 Å². The molecule has 0 aliphatic carbocycles. The number of amides is 1. The number of carbonyl (C=O) groups excluding carboxylic acids is 2. The fourth-order valence-corrected chi connectivity index (χ4v) is 1.56. The zero-order valence-corrected chi connectivity index (χ0v) is 22.1. The van der Waals surface area contributed by atoms with Gasteiger partial charge >= 0.3 is 21.1 Å². The smallest absolute Gasteiger partial charge is 0.542 e. The van der Waals surface area contributed by atoms with Gasteiger partial charge in [-0.2, -0.15) is 13.8 Å². The Kier molecular flexibility index (Phi) is 47.6. The Morgan fingerprint density at radius 3 is 1.69 bits per heavy atom. The molecule has 0 unspecified atom stereocenters. The van der Waals surface area contributed by atoms with Crippen LogP contribution in [0.4, 0.5) is 0 Å². The summed E-state index contributed by atoms with van der Waals surface area (Å²) in [6.07, 6.45) is 6.58. The molecule has 0 aromatic heterocycles. The van der Waals surface area contributed by atoms with E-state index in [2.05, 4.69) is 12.2 Å². The summed E-state index contributed by atoms with van der Waals surface area (Å²) >= 11 is 0. The van der Waals surface area contributed by atoms with E-state index in [0.29, 0.717) is 72.2 Å². The van der Waals surface area contributed by atoms with Gasteiger partial charge in [-0.1, -0.05) is 27.2 Å². The van der Waals surface area contributed by atoms with E-state index in [4.69, 9.17) is 18.9 Å². The van der Waals surface area contributed by atoms with Crippen LogP contribution in [0.1, 0.15) is 60.3 Å². The summed E-state index contributed by atoms with van der Waals surface area (Å²) < 4.78 is 21.1. The van der Waals surface area contributed by atoms with Crippen LogP contribution in [0.15, 0.2) is 0 Å². The predicted octanol–water partition coefficient (Wildman–Crippen LogP) is 3.11. The average molecular weight is 589 g/mol. The van der Waals surface area contributed by atoms with E-state index in [1.54, 1.807) is 6.29 Å². The second kappa shape index (κ2) is 38.3. The maximum Gasteiger partial charge on any atom is 2.00 e. The molecule has 0 radical (unpaired) electrons. The molecule has 0 bridgehead atoms. The molecule has 0 aliphatic rings. The van der Waals surface area contributed by atoms with Crippen LogP contribution in [0.2, 0.25) is 0 Å². The number of unbranched alkanes of at least 4 members (excludes halogenated alkanes) is 1. The number of nitrogens with one attached hydrogen (secondary N) is 1. The first-order valence-corrected chi connectivity index (χ1v) is 10.4. The molecule has 1 amide bonds. The Hall–Kier alpha value is -0.332. The topological polar surface area (TPSA) is 83.1 Å². The number of hydrogen-bond acceptors (Lipinski definition) is 6. The van der Waals surface area contributed by atoms with Crippen LogP contribution in [0.3, 0.4) is 0 Å². The summed E-state index contributed by atoms with van der Waals surface area (Å²) in [5.74, 6) is 0.0807. The van der Waals surface area contributed by atoms with Crippen LogP contribution >= 0.6 is 0 Å². The number of hydrogen-bond donors (Lipinski definition) is 1. The molecular formula is C21H43NO6W. The molecule has 0 aromatic rings. The van der Waals surface area contributed by atoms with Crippen molar-refractivity contribution < 1.29 is 49.6 Å². The summed E-state index contributed by atoms with van der Waals surface area (Å²) in [4.78, 5) is 21.2. The van der Waals surface area contributed by atoms with Gasteiger partial charge in [-0.05, 0) is 6.42 Å². The Bertz CT molecular complexity index is 296. The second-order valence-corrected chi connectivity index (χ2v) is 5.37. The van der Waals surface area contributed by atoms with Crippen molar-refractivity contribution in [1.29, 1.82) is 0 Å². The van der Waals surface area contributed by atoms with Gasteiger partial charge in [-0.15, -0.1) is 6.42 Å². The van der Waals surface area contributed by atoms with E-state index in [1.165, 1.54) is 0 Å². The summed E-state index contributed by atoms with van der Waals surface area (Å²) in [7, 11) is 0. The minimum Gasteiger partial charge on any atom is -0.542 e. The fraction of sp³-hybridized carbons (Fsp3) is 0.857. The zero-order chi connectivity index (χ0) is 21.7. The first-order valence-electron chi connectivity index (χ1n) is 10.4. The monoisotopic (exact) mass is 589 g/mol. The molecule has 174 valence electrons. The van der Waals surface area contributed by atoms with E-state index >= 15 is 0 Å². The third kappa shape index (κ3) is 42.7. The van der Waals surface area contributed by atoms with Crippen molar-refractivity contribution in [3.8, 4) is 0 Å². The molecular weight excluding hydrogens is 546 g/mol. The molecule has 0 saturated carbocycles. The third-order valence-corrected chi connectivity index (χ3v) is 2.79. The standard InChI is InChI=1S/C16H30NO6.C3H7.C2H6.W/c1-2-3-5-16(19)17-6-9-21-11-13-23-15-14-22-12-10-20-8-4-7-18;1-3-2;1-2;/h2-6,8-15H2,1H3,(H,17,19);3H,1-2H3;1-2H3;/q2*-1;;+2. The molecule has 0 atom stereocenters. The Balaban J connectivity index is -0.000000473. The van der Waals surface area contributed by atoms with Crippen molar-refractivity contribution in [3.63, 3.8) is 0 Å². The number of rotatable bonds is 18. The fourth-order valence-electron chi connectivity index (χ4n) is 1.56. The van der Waals surface area contributed by atoms with Crippen molar-refractivity contribution in [2.75, 3.05) is 59.4 Å². The number of carbonyl (C=O) groups is 1. The Labute approximate surface area is 193 Å². The molecule has 1 N–H and O–H groups in total. The zero-order valence-electron chi connectivity index (χ0n) is 19.1. The minimum atomic E-state index is 0. The first kappa shape index (κ1) is 36.1. The normalized spacial score (nSPS) is 9.28. The van der Waals surface area contributed by atoms with Gasteiger partial charge in [0, 0.05) is 19.6 Å². The van der Waals surface area contributed by atoms with Crippen molar-refractivity contribution in [1.82, 2.24) is 5.32 Å². The quantitative estimate of drug-likeness (QED) is 0.196. The van der Waals surface area contributed by atoms with Crippen molar-refractivity contribution >= 4 is 12.2 Å². The predicted molar refractivity (Wildman–Crippen MR) is 113 cm³/mol. The molecule has 0 saturated heterocycles.